The smallest absolute Gasteiger partial charge is 0.0753 e. The van der Waals surface area contributed by atoms with Gasteiger partial charge in [-0.15, -0.1) is 0 Å². The van der Waals surface area contributed by atoms with Crippen molar-refractivity contribution >= 4 is 0 Å². The predicted octanol–water partition coefficient (Wildman–Crippen LogP) is 0.848. The summed E-state index contributed by atoms with van der Waals surface area (Å²) in [6.45, 7) is 11.2. The van der Waals surface area contributed by atoms with Gasteiger partial charge in [-0.3, -0.25) is 4.90 Å². The molecule has 1 atom stereocenters. The molecule has 0 amide bonds. The van der Waals surface area contributed by atoms with Crippen molar-refractivity contribution in [1.82, 2.24) is 10.2 Å². The molecule has 4 heteroatoms. The number of morpholine rings is 1. The van der Waals surface area contributed by atoms with Crippen molar-refractivity contribution < 1.29 is 9.84 Å². The Labute approximate surface area is 111 Å². The van der Waals surface area contributed by atoms with E-state index in [1.165, 1.54) is 12.8 Å². The number of nitrogens with zero attached hydrogens (tertiary/aromatic N) is 1. The Bertz CT molecular complexity index is 279. The van der Waals surface area contributed by atoms with Gasteiger partial charge in [-0.1, -0.05) is 6.92 Å². The van der Waals surface area contributed by atoms with Crippen molar-refractivity contribution in [3.05, 3.63) is 0 Å². The highest BCUT2D eigenvalue weighted by atomic mass is 16.5. The molecular weight excluding hydrogens is 228 g/mol. The van der Waals surface area contributed by atoms with Gasteiger partial charge in [-0.2, -0.15) is 0 Å². The molecule has 0 aromatic rings. The second kappa shape index (κ2) is 5.45. The molecule has 1 saturated heterocycles. The van der Waals surface area contributed by atoms with Crippen molar-refractivity contribution in [2.75, 3.05) is 39.4 Å². The van der Waals surface area contributed by atoms with E-state index in [9.17, 15) is 5.11 Å². The van der Waals surface area contributed by atoms with Crippen LogP contribution in [0.5, 0.6) is 0 Å². The maximum Gasteiger partial charge on any atom is 0.0753 e. The van der Waals surface area contributed by atoms with E-state index >= 15 is 0 Å². The Morgan fingerprint density at radius 1 is 1.44 bits per heavy atom. The molecule has 4 nitrogen and oxygen atoms in total. The van der Waals surface area contributed by atoms with Crippen LogP contribution >= 0.6 is 0 Å². The van der Waals surface area contributed by atoms with Crippen LogP contribution in [0.2, 0.25) is 0 Å². The third-order valence-corrected chi connectivity index (χ3v) is 4.18. The molecule has 2 aliphatic rings. The molecular formula is C14H28N2O2. The van der Waals surface area contributed by atoms with Crippen molar-refractivity contribution in [2.45, 2.75) is 44.8 Å². The number of rotatable bonds is 6. The van der Waals surface area contributed by atoms with Crippen LogP contribution < -0.4 is 5.32 Å². The fourth-order valence-corrected chi connectivity index (χ4v) is 3.20. The third kappa shape index (κ3) is 3.23. The van der Waals surface area contributed by atoms with E-state index in [4.69, 9.17) is 4.74 Å². The maximum atomic E-state index is 9.86. The van der Waals surface area contributed by atoms with E-state index in [-0.39, 0.29) is 17.7 Å². The summed E-state index contributed by atoms with van der Waals surface area (Å²) >= 11 is 0. The summed E-state index contributed by atoms with van der Waals surface area (Å²) in [4.78, 5) is 2.45. The Kier molecular flexibility index (Phi) is 4.32. The molecule has 1 aliphatic heterocycles. The second-order valence-electron chi connectivity index (χ2n) is 6.44. The van der Waals surface area contributed by atoms with Crippen LogP contribution in [0.4, 0.5) is 0 Å². The molecule has 1 aliphatic carbocycles. The van der Waals surface area contributed by atoms with Gasteiger partial charge >= 0.3 is 0 Å². The maximum absolute atomic E-state index is 9.86. The SMILES string of the molecule is CCNC(CO)(CN1CCOC(C)(C)C1)C1CC1. The van der Waals surface area contributed by atoms with Crippen molar-refractivity contribution in [3.8, 4) is 0 Å². The minimum Gasteiger partial charge on any atom is -0.394 e. The fourth-order valence-electron chi connectivity index (χ4n) is 3.20. The number of hydrogen-bond acceptors (Lipinski definition) is 4. The summed E-state index contributed by atoms with van der Waals surface area (Å²) < 4.78 is 5.76. The minimum absolute atomic E-state index is 0.0603. The lowest BCUT2D eigenvalue weighted by Gasteiger charge is -2.44. The first-order valence-electron chi connectivity index (χ1n) is 7.23. The van der Waals surface area contributed by atoms with Gasteiger partial charge in [0, 0.05) is 19.6 Å². The molecule has 2 N–H and O–H groups in total. The normalized spacial score (nSPS) is 28.0. The van der Waals surface area contributed by atoms with Crippen LogP contribution in [0.25, 0.3) is 0 Å². The van der Waals surface area contributed by atoms with Crippen LogP contribution in [-0.4, -0.2) is 60.5 Å². The van der Waals surface area contributed by atoms with Crippen LogP contribution in [0, 0.1) is 5.92 Å². The van der Waals surface area contributed by atoms with Gasteiger partial charge in [0.1, 0.15) is 0 Å². The minimum atomic E-state index is -0.0951. The number of aliphatic hydroxyl groups excluding tert-OH is 1. The van der Waals surface area contributed by atoms with E-state index in [0.717, 1.165) is 32.8 Å². The highest BCUT2D eigenvalue weighted by Gasteiger charge is 2.46. The quantitative estimate of drug-likeness (QED) is 0.739. The Hall–Kier alpha value is -0.160. The average molecular weight is 256 g/mol. The third-order valence-electron chi connectivity index (χ3n) is 4.18. The van der Waals surface area contributed by atoms with Crippen LogP contribution in [0.1, 0.15) is 33.6 Å². The molecule has 106 valence electrons. The van der Waals surface area contributed by atoms with Crippen molar-refractivity contribution in [2.24, 2.45) is 5.92 Å². The number of likely N-dealkylation sites (N-methyl/N-ethyl adjacent to an activating group) is 1. The van der Waals surface area contributed by atoms with Crippen molar-refractivity contribution in [3.63, 3.8) is 0 Å². The average Bonchev–Trinajstić information content (AvgIpc) is 3.11. The summed E-state index contributed by atoms with van der Waals surface area (Å²) in [5, 5.41) is 13.4. The molecule has 1 saturated carbocycles. The lowest BCUT2D eigenvalue weighted by molar-refractivity contribution is -0.0944. The highest BCUT2D eigenvalue weighted by molar-refractivity contribution is 5.03. The number of hydrogen-bond donors (Lipinski definition) is 2. The molecule has 0 spiro atoms. The van der Waals surface area contributed by atoms with Crippen LogP contribution in [0.3, 0.4) is 0 Å². The van der Waals surface area contributed by atoms with E-state index < -0.39 is 0 Å². The van der Waals surface area contributed by atoms with Gasteiger partial charge in [0.2, 0.25) is 0 Å². The molecule has 2 rings (SSSR count). The molecule has 0 aromatic heterocycles. The summed E-state index contributed by atoms with van der Waals surface area (Å²) in [5.74, 6) is 0.647. The first-order valence-corrected chi connectivity index (χ1v) is 7.23. The van der Waals surface area contributed by atoms with Gasteiger partial charge in [-0.05, 0) is 39.2 Å². The van der Waals surface area contributed by atoms with E-state index in [1.54, 1.807) is 0 Å². The lowest BCUT2D eigenvalue weighted by atomic mass is 9.92. The van der Waals surface area contributed by atoms with E-state index in [1.807, 2.05) is 0 Å². The Morgan fingerprint density at radius 3 is 2.67 bits per heavy atom. The number of ether oxygens (including phenoxy) is 1. The van der Waals surface area contributed by atoms with Gasteiger partial charge in [0.05, 0.1) is 24.4 Å². The number of nitrogens with one attached hydrogen (secondary N) is 1. The zero-order valence-corrected chi connectivity index (χ0v) is 12.0. The van der Waals surface area contributed by atoms with E-state index in [2.05, 4.69) is 31.0 Å². The van der Waals surface area contributed by atoms with Gasteiger partial charge in [0.25, 0.3) is 0 Å². The summed E-state index contributed by atoms with van der Waals surface area (Å²) in [7, 11) is 0. The summed E-state index contributed by atoms with van der Waals surface area (Å²) in [6.07, 6.45) is 2.50. The summed E-state index contributed by atoms with van der Waals surface area (Å²) in [6, 6.07) is 0. The Morgan fingerprint density at radius 2 is 2.17 bits per heavy atom. The molecule has 1 heterocycles. The van der Waals surface area contributed by atoms with E-state index in [0.29, 0.717) is 5.92 Å². The number of aliphatic hydroxyl groups is 1. The van der Waals surface area contributed by atoms with Gasteiger partial charge in [-0.25, -0.2) is 0 Å². The first kappa shape index (κ1) is 14.3. The van der Waals surface area contributed by atoms with Crippen molar-refractivity contribution in [1.29, 1.82) is 0 Å². The van der Waals surface area contributed by atoms with Gasteiger partial charge in [0.15, 0.2) is 0 Å². The highest BCUT2D eigenvalue weighted by Crippen LogP contribution is 2.40. The second-order valence-corrected chi connectivity index (χ2v) is 6.44. The monoisotopic (exact) mass is 256 g/mol. The predicted molar refractivity (Wildman–Crippen MR) is 72.7 cm³/mol. The largest absolute Gasteiger partial charge is 0.394 e. The Balaban J connectivity index is 1.99. The molecule has 0 aromatic carbocycles. The first-order chi connectivity index (χ1) is 8.51. The molecule has 0 bridgehead atoms. The zero-order valence-electron chi connectivity index (χ0n) is 12.0. The summed E-state index contributed by atoms with van der Waals surface area (Å²) in [5.41, 5.74) is -0.155. The topological polar surface area (TPSA) is 44.7 Å². The van der Waals surface area contributed by atoms with Gasteiger partial charge < -0.3 is 15.2 Å². The van der Waals surface area contributed by atoms with Crippen LogP contribution in [0.15, 0.2) is 0 Å². The molecule has 0 radical (unpaired) electrons. The van der Waals surface area contributed by atoms with Crippen LogP contribution in [-0.2, 0) is 4.74 Å². The zero-order chi connectivity index (χ0) is 13.2. The molecule has 1 unspecified atom stereocenters. The fraction of sp³-hybridized carbons (Fsp3) is 1.00. The molecule has 18 heavy (non-hydrogen) atoms. The lowest BCUT2D eigenvalue weighted by Crippen LogP contribution is -2.61. The standard InChI is InChI=1S/C14H28N2O2/c1-4-15-14(11-17,12-5-6-12)10-16-7-8-18-13(2,3)9-16/h12,15,17H,4-11H2,1-3H3. The molecule has 2 fully saturated rings.